The molecule has 2 heterocycles. The van der Waals surface area contributed by atoms with E-state index in [-0.39, 0.29) is 35.3 Å². The van der Waals surface area contributed by atoms with E-state index in [0.29, 0.717) is 30.2 Å². The van der Waals surface area contributed by atoms with Gasteiger partial charge in [-0.1, -0.05) is 18.2 Å². The molecule has 16 nitrogen and oxygen atoms in total. The van der Waals surface area contributed by atoms with Crippen molar-refractivity contribution in [3.8, 4) is 0 Å². The lowest BCUT2D eigenvalue weighted by molar-refractivity contribution is -0.144. The molecule has 44 heavy (non-hydrogen) atoms. The highest BCUT2D eigenvalue weighted by molar-refractivity contribution is 7.85. The van der Waals surface area contributed by atoms with Crippen LogP contribution >= 0.6 is 0 Å². The van der Waals surface area contributed by atoms with Crippen LogP contribution in [0.5, 0.6) is 0 Å². The summed E-state index contributed by atoms with van der Waals surface area (Å²) < 4.78 is 38.5. The summed E-state index contributed by atoms with van der Waals surface area (Å²) in [6.07, 6.45) is 0.0183. The highest BCUT2D eigenvalue weighted by atomic mass is 32.2. The fourth-order valence-corrected chi connectivity index (χ4v) is 4.42. The number of rotatable bonds is 10. The van der Waals surface area contributed by atoms with E-state index < -0.39 is 34.0 Å². The summed E-state index contributed by atoms with van der Waals surface area (Å²) in [4.78, 5) is 54.3. The van der Waals surface area contributed by atoms with Crippen molar-refractivity contribution in [2.75, 3.05) is 49.0 Å². The van der Waals surface area contributed by atoms with Gasteiger partial charge < -0.3 is 36.5 Å². The van der Waals surface area contributed by atoms with E-state index in [1.165, 1.54) is 26.4 Å². The van der Waals surface area contributed by atoms with Gasteiger partial charge in [0.1, 0.15) is 11.7 Å². The molecule has 1 aromatic heterocycles. The van der Waals surface area contributed by atoms with Crippen LogP contribution in [-0.2, 0) is 29.2 Å². The molecule has 0 saturated heterocycles. The van der Waals surface area contributed by atoms with Crippen molar-refractivity contribution in [2.24, 2.45) is 0 Å². The molecule has 1 aliphatic rings. The summed E-state index contributed by atoms with van der Waals surface area (Å²) in [6, 6.07) is 13.0. The Morgan fingerprint density at radius 1 is 1.09 bits per heavy atom. The van der Waals surface area contributed by atoms with E-state index in [0.717, 1.165) is 5.69 Å². The molecular weight excluding hydrogens is 598 g/mol. The Kier molecular flexibility index (Phi) is 11.6. The minimum Gasteiger partial charge on any atom is -0.469 e. The molecule has 0 spiro atoms. The first-order chi connectivity index (χ1) is 20.9. The number of fused-ring (bicyclic) bond motifs is 1. The van der Waals surface area contributed by atoms with Crippen LogP contribution in [0.4, 0.5) is 23.1 Å². The number of benzene rings is 2. The molecule has 4 rings (SSSR count). The number of carbonyl (C=O) groups excluding carboxylic acids is 3. The highest BCUT2D eigenvalue weighted by Crippen LogP contribution is 2.20. The summed E-state index contributed by atoms with van der Waals surface area (Å²) in [5.41, 5.74) is 6.61. The van der Waals surface area contributed by atoms with E-state index in [2.05, 4.69) is 36.0 Å². The summed E-state index contributed by atoms with van der Waals surface area (Å²) >= 11 is 0. The molecule has 0 bridgehead atoms. The average molecular weight is 632 g/mol. The van der Waals surface area contributed by atoms with E-state index in [1.807, 2.05) is 0 Å². The molecule has 2 aromatic carbocycles. The Bertz CT molecular complexity index is 1610. The van der Waals surface area contributed by atoms with Crippen molar-refractivity contribution < 1.29 is 36.8 Å². The SMILES string of the molecule is COC(=O)CC[C@H](NC(=O)c1ccc(NC[C@H]2CNc3nc(N)[nH]c(=O)c3N2)cc1)C(=O)OC.O=S(=O)(O)c1ccccc1. The van der Waals surface area contributed by atoms with Crippen molar-refractivity contribution in [3.63, 3.8) is 0 Å². The standard InChI is InChI=1S/C21H27N7O6.C6H6O3S/c1-33-15(29)8-7-14(20(32)34-2)26-18(30)11-3-5-12(6-4-11)23-9-13-10-24-17-16(25-13)19(31)28-21(22)27-17;7-10(8,9)6-4-2-1-3-5-6/h3-6,13-14,23,25H,7-10H2,1-2H3,(H,26,30)(H4,22,24,27,28,31);1-5H,(H,7,8,9)/t13-,14-;/m0./s1. The van der Waals surface area contributed by atoms with Gasteiger partial charge in [-0.2, -0.15) is 13.4 Å². The minimum atomic E-state index is -4.00. The zero-order valence-corrected chi connectivity index (χ0v) is 24.6. The largest absolute Gasteiger partial charge is 0.469 e. The maximum Gasteiger partial charge on any atom is 0.328 e. The fourth-order valence-electron chi connectivity index (χ4n) is 3.92. The average Bonchev–Trinajstić information content (AvgIpc) is 3.02. The second-order valence-electron chi connectivity index (χ2n) is 9.31. The normalized spacial score (nSPS) is 14.2. The number of nitrogens with one attached hydrogen (secondary N) is 5. The molecule has 3 aromatic rings. The molecule has 1 amide bonds. The van der Waals surface area contributed by atoms with Crippen LogP contribution in [0.25, 0.3) is 0 Å². The zero-order chi connectivity index (χ0) is 32.3. The number of aromatic amines is 1. The molecule has 8 N–H and O–H groups in total. The molecule has 0 radical (unpaired) electrons. The third kappa shape index (κ3) is 9.70. The number of nitrogens with two attached hydrogens (primary N) is 1. The maximum atomic E-state index is 12.6. The first-order valence-corrected chi connectivity index (χ1v) is 14.6. The second kappa shape index (κ2) is 15.4. The summed E-state index contributed by atoms with van der Waals surface area (Å²) in [5, 5.41) is 12.0. The highest BCUT2D eigenvalue weighted by Gasteiger charge is 2.24. The molecule has 2 atom stereocenters. The number of amides is 1. The Hall–Kier alpha value is -5.16. The molecule has 1 aliphatic heterocycles. The number of nitrogen functional groups attached to an aromatic ring is 1. The first kappa shape index (κ1) is 33.3. The fraction of sp³-hybridized carbons (Fsp3) is 0.296. The summed E-state index contributed by atoms with van der Waals surface area (Å²) in [5.74, 6) is -1.17. The van der Waals surface area contributed by atoms with Crippen molar-refractivity contribution >= 4 is 51.1 Å². The van der Waals surface area contributed by atoms with Crippen LogP contribution in [0.2, 0.25) is 0 Å². The number of hydrogen-bond acceptors (Lipinski definition) is 13. The maximum absolute atomic E-state index is 12.6. The number of hydrogen-bond donors (Lipinski definition) is 7. The van der Waals surface area contributed by atoms with Gasteiger partial charge in [0.2, 0.25) is 5.95 Å². The van der Waals surface area contributed by atoms with Crippen LogP contribution in [0.15, 0.2) is 64.3 Å². The van der Waals surface area contributed by atoms with Crippen LogP contribution in [0.3, 0.4) is 0 Å². The van der Waals surface area contributed by atoms with Crippen LogP contribution < -0.4 is 32.6 Å². The summed E-state index contributed by atoms with van der Waals surface area (Å²) in [6.45, 7) is 1.01. The number of nitrogens with zero attached hydrogens (tertiary/aromatic N) is 1. The molecule has 0 saturated carbocycles. The predicted molar refractivity (Wildman–Crippen MR) is 161 cm³/mol. The van der Waals surface area contributed by atoms with Gasteiger partial charge >= 0.3 is 11.9 Å². The topological polar surface area (TPSA) is 244 Å². The van der Waals surface area contributed by atoms with Crippen molar-refractivity contribution in [1.82, 2.24) is 15.3 Å². The minimum absolute atomic E-state index is 0.0384. The van der Waals surface area contributed by atoms with Gasteiger partial charge in [0.15, 0.2) is 5.82 Å². The lowest BCUT2D eigenvalue weighted by Gasteiger charge is -2.27. The lowest BCUT2D eigenvalue weighted by Crippen LogP contribution is -2.42. The first-order valence-electron chi connectivity index (χ1n) is 13.1. The van der Waals surface area contributed by atoms with E-state index in [1.54, 1.807) is 42.5 Å². The van der Waals surface area contributed by atoms with Gasteiger partial charge in [-0.05, 0) is 42.8 Å². The number of H-pyrrole nitrogens is 1. The van der Waals surface area contributed by atoms with E-state index >= 15 is 0 Å². The van der Waals surface area contributed by atoms with Crippen molar-refractivity contribution in [2.45, 2.75) is 29.8 Å². The van der Waals surface area contributed by atoms with Gasteiger partial charge in [0, 0.05) is 30.8 Å². The van der Waals surface area contributed by atoms with Gasteiger partial charge in [0.05, 0.1) is 25.2 Å². The lowest BCUT2D eigenvalue weighted by atomic mass is 10.1. The molecular formula is C27H33N7O9S. The number of methoxy groups -OCH3 is 2. The number of anilines is 4. The van der Waals surface area contributed by atoms with Crippen molar-refractivity contribution in [3.05, 3.63) is 70.5 Å². The molecule has 0 aliphatic carbocycles. The molecule has 0 fully saturated rings. The van der Waals surface area contributed by atoms with E-state index in [4.69, 9.17) is 15.0 Å². The Morgan fingerprint density at radius 2 is 1.77 bits per heavy atom. The van der Waals surface area contributed by atoms with E-state index in [9.17, 15) is 27.6 Å². The smallest absolute Gasteiger partial charge is 0.328 e. The number of aromatic nitrogens is 2. The Balaban J connectivity index is 0.000000448. The number of carbonyl (C=O) groups is 3. The molecule has 0 unspecified atom stereocenters. The number of esters is 2. The summed E-state index contributed by atoms with van der Waals surface area (Å²) in [7, 11) is -1.55. The second-order valence-corrected chi connectivity index (χ2v) is 10.7. The van der Waals surface area contributed by atoms with Gasteiger partial charge in [-0.15, -0.1) is 0 Å². The van der Waals surface area contributed by atoms with Crippen LogP contribution in [0.1, 0.15) is 23.2 Å². The molecule has 17 heteroatoms. The predicted octanol–water partition coefficient (Wildman–Crippen LogP) is 0.828. The van der Waals surface area contributed by atoms with Gasteiger partial charge in [0.25, 0.3) is 21.6 Å². The van der Waals surface area contributed by atoms with Gasteiger partial charge in [-0.3, -0.25) is 23.9 Å². The third-order valence-corrected chi connectivity index (χ3v) is 7.07. The number of ether oxygens (including phenoxy) is 2. The zero-order valence-electron chi connectivity index (χ0n) is 23.8. The monoisotopic (exact) mass is 631 g/mol. The van der Waals surface area contributed by atoms with Crippen molar-refractivity contribution in [1.29, 1.82) is 0 Å². The van der Waals surface area contributed by atoms with Crippen LogP contribution in [-0.4, -0.2) is 80.2 Å². The van der Waals surface area contributed by atoms with Gasteiger partial charge in [-0.25, -0.2) is 4.79 Å². The Labute approximate surface area is 252 Å². The quantitative estimate of drug-likeness (QED) is 0.121. The van der Waals surface area contributed by atoms with Crippen LogP contribution in [0, 0.1) is 0 Å². The molecule has 236 valence electrons. The Morgan fingerprint density at radius 3 is 2.36 bits per heavy atom. The third-order valence-electron chi connectivity index (χ3n) is 6.20.